The molecule has 3 rings (SSSR count). The first-order valence-corrected chi connectivity index (χ1v) is 9.98. The Hall–Kier alpha value is -2.53. The van der Waals surface area contributed by atoms with E-state index in [-0.39, 0.29) is 0 Å². The summed E-state index contributed by atoms with van der Waals surface area (Å²) >= 11 is 0. The van der Waals surface area contributed by atoms with E-state index in [4.69, 9.17) is 9.40 Å². The molecule has 0 N–H and O–H groups in total. The van der Waals surface area contributed by atoms with Crippen LogP contribution in [0.5, 0.6) is 0 Å². The lowest BCUT2D eigenvalue weighted by Crippen LogP contribution is -2.42. The normalized spacial score (nSPS) is 14.0. The zero-order valence-electron chi connectivity index (χ0n) is 17.5. The Morgan fingerprint density at radius 3 is 2.14 bits per heavy atom. The maximum absolute atomic E-state index is 6.03. The highest BCUT2D eigenvalue weighted by molar-refractivity contribution is 5.42. The number of nitrogens with zero attached hydrogens (tertiary/aromatic N) is 4. The monoisotopic (exact) mass is 378 g/mol. The minimum atomic E-state index is -0.591. The topological polar surface area (TPSA) is 55.1 Å². The van der Waals surface area contributed by atoms with Gasteiger partial charge in [0.15, 0.2) is 0 Å². The Bertz CT molecular complexity index is 811. The van der Waals surface area contributed by atoms with Crippen molar-refractivity contribution in [2.75, 3.05) is 6.54 Å². The highest BCUT2D eigenvalue weighted by Crippen LogP contribution is 2.41. The van der Waals surface area contributed by atoms with Gasteiger partial charge >= 0.3 is 0 Å². The fourth-order valence-corrected chi connectivity index (χ4v) is 3.98. The summed E-state index contributed by atoms with van der Waals surface area (Å²) in [7, 11) is 0. The minimum absolute atomic E-state index is 0.446. The first-order valence-electron chi connectivity index (χ1n) is 9.98. The molecule has 2 aromatic heterocycles. The second kappa shape index (κ2) is 8.65. The number of hydrogen-bond donors (Lipinski definition) is 0. The lowest BCUT2D eigenvalue weighted by atomic mass is 9.74. The molecule has 5 nitrogen and oxygen atoms in total. The number of benzene rings is 1. The average molecular weight is 379 g/mol. The fourth-order valence-electron chi connectivity index (χ4n) is 3.98. The largest absolute Gasteiger partial charge is 0.424 e. The maximum Gasteiger partial charge on any atom is 0.233 e. The molecule has 1 aromatic carbocycles. The van der Waals surface area contributed by atoms with Gasteiger partial charge in [-0.3, -0.25) is 9.88 Å². The van der Waals surface area contributed by atoms with Crippen LogP contribution in [-0.4, -0.2) is 38.7 Å². The van der Waals surface area contributed by atoms with Gasteiger partial charge in [0.1, 0.15) is 5.41 Å². The molecule has 0 saturated carbocycles. The van der Waals surface area contributed by atoms with Crippen molar-refractivity contribution in [2.24, 2.45) is 0 Å². The summed E-state index contributed by atoms with van der Waals surface area (Å²) in [4.78, 5) is 7.22. The molecule has 2 heterocycles. The van der Waals surface area contributed by atoms with E-state index in [1.165, 1.54) is 0 Å². The van der Waals surface area contributed by atoms with Gasteiger partial charge in [-0.25, -0.2) is 0 Å². The van der Waals surface area contributed by atoms with E-state index in [1.54, 1.807) is 0 Å². The van der Waals surface area contributed by atoms with Gasteiger partial charge in [-0.2, -0.15) is 0 Å². The zero-order valence-corrected chi connectivity index (χ0v) is 17.5. The van der Waals surface area contributed by atoms with Crippen LogP contribution in [0.3, 0.4) is 0 Å². The minimum Gasteiger partial charge on any atom is -0.424 e. The molecule has 148 valence electrons. The van der Waals surface area contributed by atoms with E-state index in [9.17, 15) is 0 Å². The Labute approximate surface area is 167 Å². The third-order valence-corrected chi connectivity index (χ3v) is 5.33. The molecule has 0 spiro atoms. The van der Waals surface area contributed by atoms with Crippen molar-refractivity contribution >= 4 is 0 Å². The van der Waals surface area contributed by atoms with E-state index >= 15 is 0 Å². The molecule has 0 saturated heterocycles. The summed E-state index contributed by atoms with van der Waals surface area (Å²) in [5.41, 5.74) is 1.45. The summed E-state index contributed by atoms with van der Waals surface area (Å²) in [5.74, 6) is 1.16. The van der Waals surface area contributed by atoms with Crippen LogP contribution in [0.1, 0.15) is 57.2 Å². The summed E-state index contributed by atoms with van der Waals surface area (Å²) < 4.78 is 6.03. The van der Waals surface area contributed by atoms with Gasteiger partial charge in [-0.05, 0) is 51.8 Å². The van der Waals surface area contributed by atoms with Crippen LogP contribution in [0.15, 0.2) is 59.1 Å². The SMILES string of the molecule is Cc1nnc(C(CCN(C(C)C)C(C)C)(c2ccccc2)c2ccccn2)o1. The van der Waals surface area contributed by atoms with Crippen molar-refractivity contribution in [1.29, 1.82) is 0 Å². The molecule has 0 radical (unpaired) electrons. The number of hydrogen-bond acceptors (Lipinski definition) is 5. The number of rotatable bonds is 8. The first-order chi connectivity index (χ1) is 13.4. The number of aromatic nitrogens is 3. The Kier molecular flexibility index (Phi) is 6.25. The van der Waals surface area contributed by atoms with Crippen molar-refractivity contribution in [3.63, 3.8) is 0 Å². The molecule has 0 bridgehead atoms. The van der Waals surface area contributed by atoms with E-state index in [1.807, 2.05) is 31.3 Å². The predicted molar refractivity (Wildman–Crippen MR) is 111 cm³/mol. The highest BCUT2D eigenvalue weighted by atomic mass is 16.4. The van der Waals surface area contributed by atoms with Crippen molar-refractivity contribution in [2.45, 2.75) is 58.5 Å². The molecule has 28 heavy (non-hydrogen) atoms. The molecule has 0 amide bonds. The van der Waals surface area contributed by atoms with Crippen LogP contribution in [-0.2, 0) is 5.41 Å². The van der Waals surface area contributed by atoms with Crippen molar-refractivity contribution in [1.82, 2.24) is 20.1 Å². The highest BCUT2D eigenvalue weighted by Gasteiger charge is 2.43. The fraction of sp³-hybridized carbons (Fsp3) is 0.435. The molecule has 5 heteroatoms. The summed E-state index contributed by atoms with van der Waals surface area (Å²) in [6.07, 6.45) is 2.63. The number of pyridine rings is 1. The van der Waals surface area contributed by atoms with E-state index < -0.39 is 5.41 Å². The van der Waals surface area contributed by atoms with Crippen LogP contribution in [0.4, 0.5) is 0 Å². The van der Waals surface area contributed by atoms with Crippen LogP contribution in [0, 0.1) is 6.92 Å². The van der Waals surface area contributed by atoms with E-state index in [0.29, 0.717) is 23.9 Å². The summed E-state index contributed by atoms with van der Waals surface area (Å²) in [5, 5.41) is 8.61. The third kappa shape index (κ3) is 3.99. The van der Waals surface area contributed by atoms with Crippen molar-refractivity contribution in [3.05, 3.63) is 77.8 Å². The number of aryl methyl sites for hydroxylation is 1. The molecule has 1 unspecified atom stereocenters. The lowest BCUT2D eigenvalue weighted by Gasteiger charge is -2.36. The van der Waals surface area contributed by atoms with Crippen molar-refractivity contribution in [3.8, 4) is 0 Å². The zero-order chi connectivity index (χ0) is 20.1. The smallest absolute Gasteiger partial charge is 0.233 e. The molecule has 3 aromatic rings. The Morgan fingerprint density at radius 2 is 1.61 bits per heavy atom. The van der Waals surface area contributed by atoms with Crippen LogP contribution >= 0.6 is 0 Å². The molecule has 1 atom stereocenters. The summed E-state index contributed by atoms with van der Waals surface area (Å²) in [6.45, 7) is 11.7. The third-order valence-electron chi connectivity index (χ3n) is 5.33. The molecule has 0 aliphatic heterocycles. The van der Waals surface area contributed by atoms with Gasteiger partial charge in [0.2, 0.25) is 11.8 Å². The first kappa shape index (κ1) is 20.2. The molecular formula is C23H30N4O. The lowest BCUT2D eigenvalue weighted by molar-refractivity contribution is 0.160. The van der Waals surface area contributed by atoms with Crippen LogP contribution < -0.4 is 0 Å². The predicted octanol–water partition coefficient (Wildman–Crippen LogP) is 4.62. The van der Waals surface area contributed by atoms with Gasteiger partial charge in [0, 0.05) is 31.7 Å². The maximum atomic E-state index is 6.03. The molecule has 0 fully saturated rings. The molecular weight excluding hydrogens is 348 g/mol. The second-order valence-electron chi connectivity index (χ2n) is 7.79. The van der Waals surface area contributed by atoms with E-state index in [2.05, 4.69) is 73.1 Å². The van der Waals surface area contributed by atoms with Gasteiger partial charge in [0.25, 0.3) is 0 Å². The van der Waals surface area contributed by atoms with Crippen LogP contribution in [0.2, 0.25) is 0 Å². The quantitative estimate of drug-likeness (QED) is 0.573. The Balaban J connectivity index is 2.16. The summed E-state index contributed by atoms with van der Waals surface area (Å²) in [6, 6.07) is 17.3. The van der Waals surface area contributed by atoms with Gasteiger partial charge in [-0.1, -0.05) is 36.4 Å². The van der Waals surface area contributed by atoms with Gasteiger partial charge in [0.05, 0.1) is 5.69 Å². The van der Waals surface area contributed by atoms with Gasteiger partial charge < -0.3 is 4.42 Å². The molecule has 0 aliphatic rings. The standard InChI is InChI=1S/C23H30N4O/c1-17(2)27(18(3)4)16-14-23(20-11-7-6-8-12-20,21-13-9-10-15-24-21)22-26-25-19(5)28-22/h6-13,15,17-18H,14,16H2,1-5H3. The van der Waals surface area contributed by atoms with E-state index in [0.717, 1.165) is 24.2 Å². The van der Waals surface area contributed by atoms with Crippen molar-refractivity contribution < 1.29 is 4.42 Å². The Morgan fingerprint density at radius 1 is 0.929 bits per heavy atom. The van der Waals surface area contributed by atoms with Gasteiger partial charge in [-0.15, -0.1) is 10.2 Å². The second-order valence-corrected chi connectivity index (χ2v) is 7.79. The average Bonchev–Trinajstić information content (AvgIpc) is 3.13. The molecule has 0 aliphatic carbocycles. The van der Waals surface area contributed by atoms with Crippen LogP contribution in [0.25, 0.3) is 0 Å².